The van der Waals surface area contributed by atoms with Crippen LogP contribution in [0.25, 0.3) is 0 Å². The summed E-state index contributed by atoms with van der Waals surface area (Å²) in [5.74, 6) is -1.27. The standard InChI is InChI=1S/C9H5ClF6N2O2/c10-7(19)4-1-5(20-9(14,15)16)3(2-17)6(18-4)8(11,12)13/h1H,2,17H2. The Morgan fingerprint density at radius 3 is 2.20 bits per heavy atom. The molecule has 0 aromatic carbocycles. The lowest BCUT2D eigenvalue weighted by molar-refractivity contribution is -0.275. The second-order valence-electron chi connectivity index (χ2n) is 3.36. The highest BCUT2D eigenvalue weighted by atomic mass is 35.5. The summed E-state index contributed by atoms with van der Waals surface area (Å²) in [4.78, 5) is 13.7. The topological polar surface area (TPSA) is 65.2 Å². The molecular formula is C9H5ClF6N2O2. The van der Waals surface area contributed by atoms with Gasteiger partial charge in [-0.3, -0.25) is 4.79 Å². The largest absolute Gasteiger partial charge is 0.573 e. The average Bonchev–Trinajstić information content (AvgIpc) is 2.24. The van der Waals surface area contributed by atoms with Crippen molar-refractivity contribution in [1.82, 2.24) is 4.98 Å². The van der Waals surface area contributed by atoms with Crippen molar-refractivity contribution in [3.63, 3.8) is 0 Å². The minimum Gasteiger partial charge on any atom is -0.405 e. The van der Waals surface area contributed by atoms with Crippen LogP contribution in [0.5, 0.6) is 5.75 Å². The smallest absolute Gasteiger partial charge is 0.405 e. The van der Waals surface area contributed by atoms with E-state index in [1.807, 2.05) is 0 Å². The molecule has 0 unspecified atom stereocenters. The van der Waals surface area contributed by atoms with Gasteiger partial charge in [0.1, 0.15) is 11.4 Å². The first kappa shape index (κ1) is 16.5. The lowest BCUT2D eigenvalue weighted by Crippen LogP contribution is -2.23. The molecule has 0 aliphatic heterocycles. The van der Waals surface area contributed by atoms with Crippen LogP contribution >= 0.6 is 11.6 Å². The van der Waals surface area contributed by atoms with Gasteiger partial charge in [0.25, 0.3) is 5.24 Å². The zero-order chi connectivity index (χ0) is 15.7. The minimum absolute atomic E-state index is 0.347. The zero-order valence-electron chi connectivity index (χ0n) is 9.27. The van der Waals surface area contributed by atoms with E-state index in [4.69, 9.17) is 17.3 Å². The van der Waals surface area contributed by atoms with E-state index in [0.717, 1.165) is 0 Å². The molecule has 112 valence electrons. The number of ether oxygens (including phenoxy) is 1. The highest BCUT2D eigenvalue weighted by Crippen LogP contribution is 2.37. The van der Waals surface area contributed by atoms with E-state index in [-0.39, 0.29) is 0 Å². The molecular weight excluding hydrogens is 318 g/mol. The fourth-order valence-corrected chi connectivity index (χ4v) is 1.39. The van der Waals surface area contributed by atoms with Crippen LogP contribution in [0.2, 0.25) is 0 Å². The summed E-state index contributed by atoms with van der Waals surface area (Å²) < 4.78 is 77.9. The molecule has 0 aliphatic rings. The van der Waals surface area contributed by atoms with Crippen LogP contribution in [0, 0.1) is 0 Å². The van der Waals surface area contributed by atoms with Crippen LogP contribution in [0.3, 0.4) is 0 Å². The number of aromatic nitrogens is 1. The fourth-order valence-electron chi connectivity index (χ4n) is 1.30. The third kappa shape index (κ3) is 3.97. The second kappa shape index (κ2) is 5.44. The van der Waals surface area contributed by atoms with E-state index in [1.165, 1.54) is 0 Å². The number of halogens is 7. The van der Waals surface area contributed by atoms with E-state index in [2.05, 4.69) is 9.72 Å². The van der Waals surface area contributed by atoms with E-state index >= 15 is 0 Å². The molecule has 0 radical (unpaired) electrons. The van der Waals surface area contributed by atoms with Gasteiger partial charge in [0, 0.05) is 18.2 Å². The van der Waals surface area contributed by atoms with Gasteiger partial charge in [-0.2, -0.15) is 13.2 Å². The summed E-state index contributed by atoms with van der Waals surface area (Å²) >= 11 is 4.93. The van der Waals surface area contributed by atoms with Crippen molar-refractivity contribution in [3.8, 4) is 5.75 Å². The molecule has 0 bridgehead atoms. The first-order valence-electron chi connectivity index (χ1n) is 4.72. The Labute approximate surface area is 112 Å². The van der Waals surface area contributed by atoms with E-state index in [0.29, 0.717) is 6.07 Å². The van der Waals surface area contributed by atoms with Crippen molar-refractivity contribution in [2.45, 2.75) is 19.1 Å². The number of hydrogen-bond donors (Lipinski definition) is 1. The molecule has 1 rings (SSSR count). The molecule has 0 saturated heterocycles. The lowest BCUT2D eigenvalue weighted by atomic mass is 10.1. The van der Waals surface area contributed by atoms with Gasteiger partial charge in [0.05, 0.1) is 0 Å². The first-order valence-corrected chi connectivity index (χ1v) is 5.10. The Morgan fingerprint density at radius 2 is 1.85 bits per heavy atom. The second-order valence-corrected chi connectivity index (χ2v) is 3.70. The quantitative estimate of drug-likeness (QED) is 0.686. The van der Waals surface area contributed by atoms with Gasteiger partial charge >= 0.3 is 12.5 Å². The van der Waals surface area contributed by atoms with Crippen molar-refractivity contribution in [1.29, 1.82) is 0 Å². The molecule has 20 heavy (non-hydrogen) atoms. The Balaban J connectivity index is 3.55. The molecule has 0 atom stereocenters. The van der Waals surface area contributed by atoms with Crippen molar-refractivity contribution in [2.75, 3.05) is 0 Å². The van der Waals surface area contributed by atoms with Crippen LogP contribution in [0.4, 0.5) is 26.3 Å². The van der Waals surface area contributed by atoms with Crippen molar-refractivity contribution in [3.05, 3.63) is 23.0 Å². The van der Waals surface area contributed by atoms with Crippen LogP contribution in [0.1, 0.15) is 21.7 Å². The number of nitrogens with two attached hydrogens (primary N) is 1. The predicted octanol–water partition coefficient (Wildman–Crippen LogP) is 2.84. The average molecular weight is 323 g/mol. The van der Waals surface area contributed by atoms with Gasteiger partial charge in [-0.1, -0.05) is 0 Å². The third-order valence-corrected chi connectivity index (χ3v) is 2.18. The van der Waals surface area contributed by atoms with Crippen molar-refractivity contribution < 1.29 is 35.9 Å². The number of nitrogens with zero attached hydrogens (tertiary/aromatic N) is 1. The monoisotopic (exact) mass is 322 g/mol. The van der Waals surface area contributed by atoms with Gasteiger partial charge in [0.15, 0.2) is 5.69 Å². The summed E-state index contributed by atoms with van der Waals surface area (Å²) in [6, 6.07) is 0.347. The highest BCUT2D eigenvalue weighted by molar-refractivity contribution is 6.67. The Kier molecular flexibility index (Phi) is 4.49. The first-order chi connectivity index (χ1) is 8.95. The van der Waals surface area contributed by atoms with Crippen LogP contribution < -0.4 is 10.5 Å². The molecule has 1 aromatic rings. The molecule has 1 aromatic heterocycles. The Hall–Kier alpha value is -1.55. The number of alkyl halides is 6. The van der Waals surface area contributed by atoms with Crippen LogP contribution in [-0.4, -0.2) is 16.6 Å². The van der Waals surface area contributed by atoms with Crippen LogP contribution in [-0.2, 0) is 12.7 Å². The van der Waals surface area contributed by atoms with E-state index in [9.17, 15) is 31.1 Å². The molecule has 2 N–H and O–H groups in total. The number of hydrogen-bond acceptors (Lipinski definition) is 4. The fraction of sp³-hybridized carbons (Fsp3) is 0.333. The van der Waals surface area contributed by atoms with Crippen molar-refractivity contribution in [2.24, 2.45) is 5.73 Å². The lowest BCUT2D eigenvalue weighted by Gasteiger charge is -2.17. The molecule has 4 nitrogen and oxygen atoms in total. The number of pyridine rings is 1. The maximum atomic E-state index is 12.7. The van der Waals surface area contributed by atoms with E-state index < -0.39 is 47.0 Å². The van der Waals surface area contributed by atoms with Crippen LogP contribution in [0.15, 0.2) is 6.07 Å². The molecule has 0 amide bonds. The van der Waals surface area contributed by atoms with Gasteiger partial charge in [-0.25, -0.2) is 4.98 Å². The number of carbonyl (C=O) groups is 1. The summed E-state index contributed by atoms with van der Waals surface area (Å²) in [7, 11) is 0. The highest BCUT2D eigenvalue weighted by Gasteiger charge is 2.40. The molecule has 1 heterocycles. The van der Waals surface area contributed by atoms with E-state index in [1.54, 1.807) is 0 Å². The maximum Gasteiger partial charge on any atom is 0.573 e. The summed E-state index contributed by atoms with van der Waals surface area (Å²) in [5.41, 5.74) is 1.17. The number of carbonyl (C=O) groups excluding carboxylic acids is 1. The summed E-state index contributed by atoms with van der Waals surface area (Å²) in [6.45, 7) is -0.927. The predicted molar refractivity (Wildman–Crippen MR) is 54.0 cm³/mol. The molecule has 0 spiro atoms. The van der Waals surface area contributed by atoms with Gasteiger partial charge < -0.3 is 10.5 Å². The maximum absolute atomic E-state index is 12.7. The zero-order valence-corrected chi connectivity index (χ0v) is 10.0. The SMILES string of the molecule is NCc1c(OC(F)(F)F)cc(C(=O)Cl)nc1C(F)(F)F. The molecule has 0 fully saturated rings. The normalized spacial score (nSPS) is 12.4. The third-order valence-electron chi connectivity index (χ3n) is 1.98. The van der Waals surface area contributed by atoms with Gasteiger partial charge in [-0.05, 0) is 11.6 Å². The molecule has 0 saturated carbocycles. The minimum atomic E-state index is -5.26. The summed E-state index contributed by atoms with van der Waals surface area (Å²) in [6.07, 6.45) is -10.4. The Bertz CT molecular complexity index is 528. The summed E-state index contributed by atoms with van der Waals surface area (Å²) in [5, 5.41) is -1.47. The number of rotatable bonds is 3. The Morgan fingerprint density at radius 1 is 1.30 bits per heavy atom. The van der Waals surface area contributed by atoms with Crippen molar-refractivity contribution >= 4 is 16.8 Å². The molecule has 0 aliphatic carbocycles. The molecule has 11 heteroatoms. The van der Waals surface area contributed by atoms with Gasteiger partial charge in [0.2, 0.25) is 0 Å². The van der Waals surface area contributed by atoms with Gasteiger partial charge in [-0.15, -0.1) is 13.2 Å².